The van der Waals surface area contributed by atoms with Gasteiger partial charge in [0.25, 0.3) is 17.7 Å². The first-order valence-electron chi connectivity index (χ1n) is 8.50. The highest BCUT2D eigenvalue weighted by Gasteiger charge is 2.37. The molecule has 0 bridgehead atoms. The van der Waals surface area contributed by atoms with E-state index in [9.17, 15) is 24.0 Å². The molecule has 0 radical (unpaired) electrons. The van der Waals surface area contributed by atoms with Gasteiger partial charge in [-0.3, -0.25) is 28.9 Å². The first-order chi connectivity index (χ1) is 13.4. The van der Waals surface area contributed by atoms with Crippen LogP contribution in [0.1, 0.15) is 20.7 Å². The second-order valence-electron chi connectivity index (χ2n) is 6.13. The summed E-state index contributed by atoms with van der Waals surface area (Å²) in [7, 11) is 1.28. The van der Waals surface area contributed by atoms with E-state index in [1.165, 1.54) is 35.9 Å². The van der Waals surface area contributed by atoms with Gasteiger partial charge in [-0.25, -0.2) is 0 Å². The van der Waals surface area contributed by atoms with E-state index in [4.69, 9.17) is 4.74 Å². The van der Waals surface area contributed by atoms with E-state index < -0.39 is 48.1 Å². The Morgan fingerprint density at radius 3 is 2.39 bits per heavy atom. The fraction of sp³-hybridized carbons (Fsp3) is 0.389. The van der Waals surface area contributed by atoms with E-state index >= 15 is 0 Å². The smallest absolute Gasteiger partial charge is 0.326 e. The molecule has 9 nitrogen and oxygen atoms in total. The molecule has 3 amide bonds. The molecular formula is C18H18N2O7S. The predicted octanol–water partition coefficient (Wildman–Crippen LogP) is -0.0572. The van der Waals surface area contributed by atoms with Crippen molar-refractivity contribution < 1.29 is 33.4 Å². The highest BCUT2D eigenvalue weighted by molar-refractivity contribution is 8.00. The molecule has 3 rings (SSSR count). The largest absolute Gasteiger partial charge is 0.468 e. The van der Waals surface area contributed by atoms with Crippen LogP contribution in [0.3, 0.4) is 0 Å². The van der Waals surface area contributed by atoms with E-state index in [1.54, 1.807) is 12.1 Å². The van der Waals surface area contributed by atoms with Gasteiger partial charge in [0.2, 0.25) is 0 Å². The summed E-state index contributed by atoms with van der Waals surface area (Å²) in [6.07, 6.45) is 0. The average Bonchev–Trinajstić information content (AvgIpc) is 2.96. The van der Waals surface area contributed by atoms with Gasteiger partial charge in [-0.05, 0) is 12.1 Å². The molecule has 1 saturated heterocycles. The van der Waals surface area contributed by atoms with Crippen molar-refractivity contribution >= 4 is 41.4 Å². The van der Waals surface area contributed by atoms with Crippen LogP contribution in [0.2, 0.25) is 0 Å². The lowest BCUT2D eigenvalue weighted by Gasteiger charge is -2.30. The third kappa shape index (κ3) is 4.01. The maximum Gasteiger partial charge on any atom is 0.326 e. The van der Waals surface area contributed by atoms with E-state index in [1.807, 2.05) is 0 Å². The number of hydrogen-bond donors (Lipinski definition) is 0. The molecule has 1 aromatic carbocycles. The van der Waals surface area contributed by atoms with Gasteiger partial charge >= 0.3 is 11.9 Å². The molecule has 2 heterocycles. The quantitative estimate of drug-likeness (QED) is 0.494. The number of carbonyl (C=O) groups excluding carboxylic acids is 5. The minimum Gasteiger partial charge on any atom is -0.468 e. The van der Waals surface area contributed by atoms with Crippen LogP contribution in [0.25, 0.3) is 0 Å². The van der Waals surface area contributed by atoms with Crippen molar-refractivity contribution in [1.82, 2.24) is 9.80 Å². The third-order valence-corrected chi connectivity index (χ3v) is 5.57. The van der Waals surface area contributed by atoms with Crippen LogP contribution in [-0.4, -0.2) is 83.8 Å². The molecular weight excluding hydrogens is 388 g/mol. The maximum absolute atomic E-state index is 12.2. The number of esters is 2. The van der Waals surface area contributed by atoms with Gasteiger partial charge < -0.3 is 14.4 Å². The lowest BCUT2D eigenvalue weighted by Crippen LogP contribution is -2.46. The molecule has 0 aliphatic carbocycles. The van der Waals surface area contributed by atoms with Crippen LogP contribution in [0.5, 0.6) is 0 Å². The lowest BCUT2D eigenvalue weighted by atomic mass is 10.1. The molecule has 0 aromatic heterocycles. The average molecular weight is 406 g/mol. The van der Waals surface area contributed by atoms with Crippen molar-refractivity contribution in [2.75, 3.05) is 39.1 Å². The second-order valence-corrected chi connectivity index (χ2v) is 7.44. The zero-order chi connectivity index (χ0) is 20.3. The van der Waals surface area contributed by atoms with Crippen LogP contribution in [-0.2, 0) is 23.9 Å². The number of imide groups is 1. The number of benzene rings is 1. The van der Waals surface area contributed by atoms with Gasteiger partial charge in [-0.2, -0.15) is 0 Å². The van der Waals surface area contributed by atoms with Crippen LogP contribution < -0.4 is 0 Å². The molecule has 2 aliphatic rings. The van der Waals surface area contributed by atoms with E-state index in [-0.39, 0.29) is 17.7 Å². The molecule has 0 saturated carbocycles. The Balaban J connectivity index is 1.51. The molecule has 0 spiro atoms. The van der Waals surface area contributed by atoms with Crippen molar-refractivity contribution in [3.8, 4) is 0 Å². The number of ether oxygens (including phenoxy) is 2. The summed E-state index contributed by atoms with van der Waals surface area (Å²) in [5.41, 5.74) is 0.465. The zero-order valence-electron chi connectivity index (χ0n) is 15.1. The molecule has 1 atom stereocenters. The van der Waals surface area contributed by atoms with Crippen LogP contribution in [0.15, 0.2) is 24.3 Å². The summed E-state index contributed by atoms with van der Waals surface area (Å²) >= 11 is 1.40. The van der Waals surface area contributed by atoms with Crippen molar-refractivity contribution in [3.63, 3.8) is 0 Å². The summed E-state index contributed by atoms with van der Waals surface area (Å²) in [6, 6.07) is 6.28. The number of amides is 3. The first kappa shape index (κ1) is 19.9. The summed E-state index contributed by atoms with van der Waals surface area (Å²) in [6.45, 7) is -0.500. The van der Waals surface area contributed by atoms with Gasteiger partial charge in [0.1, 0.15) is 11.8 Å². The molecule has 0 unspecified atom stereocenters. The zero-order valence-corrected chi connectivity index (χ0v) is 15.9. The molecule has 10 heteroatoms. The number of hydrogen-bond acceptors (Lipinski definition) is 8. The van der Waals surface area contributed by atoms with Gasteiger partial charge in [0.05, 0.1) is 18.2 Å². The summed E-state index contributed by atoms with van der Waals surface area (Å²) in [4.78, 5) is 62.6. The van der Waals surface area contributed by atoms with Crippen molar-refractivity contribution in [2.24, 2.45) is 0 Å². The molecule has 1 fully saturated rings. The number of methoxy groups -OCH3 is 1. The molecule has 28 heavy (non-hydrogen) atoms. The molecule has 0 N–H and O–H groups in total. The van der Waals surface area contributed by atoms with Crippen molar-refractivity contribution in [2.45, 2.75) is 5.25 Å². The van der Waals surface area contributed by atoms with Gasteiger partial charge in [0.15, 0.2) is 6.61 Å². The monoisotopic (exact) mass is 406 g/mol. The molecule has 2 aliphatic heterocycles. The fourth-order valence-corrected chi connectivity index (χ4v) is 4.07. The van der Waals surface area contributed by atoms with E-state index in [0.717, 1.165) is 4.90 Å². The van der Waals surface area contributed by atoms with Gasteiger partial charge in [0, 0.05) is 18.8 Å². The Kier molecular flexibility index (Phi) is 5.98. The fourth-order valence-electron chi connectivity index (χ4n) is 2.94. The normalized spacial score (nSPS) is 18.7. The standard InChI is InChI=1S/C18H18N2O7S/c1-26-18(25)13-8-19(6-7-28-13)14(21)10-27-15(22)9-20-16(23)11-4-2-3-5-12(11)17(20)24/h2-5,13H,6-10H2,1H3/t13-/m1/s1. The minimum absolute atomic E-state index is 0.173. The minimum atomic E-state index is -0.862. The maximum atomic E-state index is 12.2. The van der Waals surface area contributed by atoms with Gasteiger partial charge in [-0.1, -0.05) is 12.1 Å². The van der Waals surface area contributed by atoms with Crippen LogP contribution in [0.4, 0.5) is 0 Å². The lowest BCUT2D eigenvalue weighted by molar-refractivity contribution is -0.152. The number of fused-ring (bicyclic) bond motifs is 1. The number of nitrogens with zero attached hydrogens (tertiary/aromatic N) is 2. The van der Waals surface area contributed by atoms with Crippen LogP contribution >= 0.6 is 11.8 Å². The highest BCUT2D eigenvalue weighted by Crippen LogP contribution is 2.22. The van der Waals surface area contributed by atoms with Crippen LogP contribution in [0, 0.1) is 0 Å². The van der Waals surface area contributed by atoms with Gasteiger partial charge in [-0.15, -0.1) is 11.8 Å². The Bertz CT molecular complexity index is 806. The molecule has 148 valence electrons. The topological polar surface area (TPSA) is 110 Å². The third-order valence-electron chi connectivity index (χ3n) is 4.41. The Labute approximate surface area is 164 Å². The van der Waals surface area contributed by atoms with E-state index in [2.05, 4.69) is 4.74 Å². The first-order valence-corrected chi connectivity index (χ1v) is 9.55. The number of rotatable bonds is 5. The summed E-state index contributed by atoms with van der Waals surface area (Å²) in [5, 5.41) is -0.475. The van der Waals surface area contributed by atoms with Crippen molar-refractivity contribution in [1.29, 1.82) is 0 Å². The number of thioether (sulfide) groups is 1. The Morgan fingerprint density at radius 2 is 1.79 bits per heavy atom. The predicted molar refractivity (Wildman–Crippen MR) is 97.6 cm³/mol. The van der Waals surface area contributed by atoms with E-state index in [0.29, 0.717) is 12.3 Å². The SMILES string of the molecule is COC(=O)[C@H]1CN(C(=O)COC(=O)CN2C(=O)c3ccccc3C2=O)CCS1. The highest BCUT2D eigenvalue weighted by atomic mass is 32.2. The Morgan fingerprint density at radius 1 is 1.14 bits per heavy atom. The second kappa shape index (κ2) is 8.42. The number of carbonyl (C=O) groups is 5. The molecule has 1 aromatic rings. The summed E-state index contributed by atoms with van der Waals surface area (Å²) < 4.78 is 9.62. The Hall–Kier alpha value is -2.88. The summed E-state index contributed by atoms with van der Waals surface area (Å²) in [5.74, 6) is -2.31. The van der Waals surface area contributed by atoms with Crippen molar-refractivity contribution in [3.05, 3.63) is 35.4 Å².